The average Bonchev–Trinajstić information content (AvgIpc) is 2.55. The lowest BCUT2D eigenvalue weighted by Gasteiger charge is -2.11. The van der Waals surface area contributed by atoms with E-state index in [1.807, 2.05) is 37.3 Å². The zero-order chi connectivity index (χ0) is 17.2. The first-order valence-electron chi connectivity index (χ1n) is 8.04. The maximum Gasteiger partial charge on any atom is 0.191 e. The van der Waals surface area contributed by atoms with Gasteiger partial charge in [-0.05, 0) is 49.2 Å². The van der Waals surface area contributed by atoms with E-state index in [1.54, 1.807) is 12.3 Å². The standard InChI is InChI=1S/C18H22Cl2N4.HI/c1-2-21-18(24-10-7-17-5-3-4-8-22-17)23-9-6-14-11-15(19)13-16(20)12-14;/h3-5,8,11-13H,2,6-7,9-10H2,1H3,(H2,21,23,24);1H. The highest BCUT2D eigenvalue weighted by atomic mass is 127. The van der Waals surface area contributed by atoms with Crippen LogP contribution in [0.1, 0.15) is 18.2 Å². The molecule has 2 aromatic rings. The van der Waals surface area contributed by atoms with Crippen LogP contribution in [0.2, 0.25) is 10.0 Å². The van der Waals surface area contributed by atoms with Gasteiger partial charge in [-0.1, -0.05) is 29.3 Å². The molecule has 0 unspecified atom stereocenters. The Balaban J connectivity index is 0.00000312. The topological polar surface area (TPSA) is 49.3 Å². The van der Waals surface area contributed by atoms with Crippen LogP contribution in [-0.4, -0.2) is 30.6 Å². The highest BCUT2D eigenvalue weighted by Crippen LogP contribution is 2.19. The van der Waals surface area contributed by atoms with E-state index in [2.05, 4.69) is 20.6 Å². The number of aromatic nitrogens is 1. The van der Waals surface area contributed by atoms with Gasteiger partial charge in [-0.2, -0.15) is 0 Å². The number of nitrogens with one attached hydrogen (secondary N) is 2. The van der Waals surface area contributed by atoms with Gasteiger partial charge in [0.15, 0.2) is 5.96 Å². The Kier molecular flexibility index (Phi) is 10.8. The monoisotopic (exact) mass is 492 g/mol. The molecule has 0 aliphatic heterocycles. The fraction of sp³-hybridized carbons (Fsp3) is 0.333. The maximum atomic E-state index is 6.02. The van der Waals surface area contributed by atoms with Crippen molar-refractivity contribution in [1.29, 1.82) is 0 Å². The third-order valence-electron chi connectivity index (χ3n) is 3.34. The molecule has 0 fully saturated rings. The Labute approximate surface area is 176 Å². The molecule has 7 heteroatoms. The predicted octanol–water partition coefficient (Wildman–Crippen LogP) is 4.35. The Morgan fingerprint density at radius 2 is 1.84 bits per heavy atom. The van der Waals surface area contributed by atoms with E-state index in [1.165, 1.54) is 0 Å². The molecule has 2 N–H and O–H groups in total. The molecule has 1 heterocycles. The van der Waals surface area contributed by atoms with Crippen LogP contribution in [0.3, 0.4) is 0 Å². The minimum Gasteiger partial charge on any atom is -0.357 e. The summed E-state index contributed by atoms with van der Waals surface area (Å²) in [5.74, 6) is 0.807. The van der Waals surface area contributed by atoms with Crippen molar-refractivity contribution in [2.45, 2.75) is 19.8 Å². The molecular weight excluding hydrogens is 470 g/mol. The molecule has 0 aliphatic rings. The predicted molar refractivity (Wildman–Crippen MR) is 118 cm³/mol. The summed E-state index contributed by atoms with van der Waals surface area (Å²) in [5.41, 5.74) is 2.15. The van der Waals surface area contributed by atoms with Gasteiger partial charge in [-0.25, -0.2) is 0 Å². The minimum atomic E-state index is 0. The molecule has 0 saturated heterocycles. The molecule has 1 aromatic carbocycles. The zero-order valence-electron chi connectivity index (χ0n) is 14.1. The summed E-state index contributed by atoms with van der Waals surface area (Å²) in [6, 6.07) is 11.5. The highest BCUT2D eigenvalue weighted by Gasteiger charge is 2.01. The van der Waals surface area contributed by atoms with E-state index in [0.717, 1.165) is 43.1 Å². The van der Waals surface area contributed by atoms with E-state index in [9.17, 15) is 0 Å². The molecule has 0 amide bonds. The van der Waals surface area contributed by atoms with Crippen LogP contribution in [-0.2, 0) is 12.8 Å². The summed E-state index contributed by atoms with van der Waals surface area (Å²) in [6.45, 7) is 4.31. The molecule has 1 aromatic heterocycles. The van der Waals surface area contributed by atoms with Crippen molar-refractivity contribution in [2.24, 2.45) is 4.99 Å². The largest absolute Gasteiger partial charge is 0.357 e. The Bertz CT molecular complexity index is 645. The molecule has 136 valence electrons. The van der Waals surface area contributed by atoms with E-state index < -0.39 is 0 Å². The normalized spacial score (nSPS) is 10.9. The van der Waals surface area contributed by atoms with E-state index in [0.29, 0.717) is 16.6 Å². The average molecular weight is 493 g/mol. The molecule has 0 bridgehead atoms. The fourth-order valence-corrected chi connectivity index (χ4v) is 2.82. The van der Waals surface area contributed by atoms with Gasteiger partial charge in [0.2, 0.25) is 0 Å². The van der Waals surface area contributed by atoms with E-state index in [-0.39, 0.29) is 24.0 Å². The molecule has 0 radical (unpaired) electrons. The number of guanidine groups is 1. The zero-order valence-corrected chi connectivity index (χ0v) is 18.0. The maximum absolute atomic E-state index is 6.02. The van der Waals surface area contributed by atoms with Gasteiger partial charge < -0.3 is 10.6 Å². The molecule has 2 rings (SSSR count). The Hall–Kier alpha value is -1.05. The van der Waals surface area contributed by atoms with Crippen molar-refractivity contribution in [3.05, 3.63) is 63.9 Å². The number of hydrogen-bond donors (Lipinski definition) is 2. The van der Waals surface area contributed by atoms with Crippen LogP contribution in [0.4, 0.5) is 0 Å². The summed E-state index contributed by atoms with van der Waals surface area (Å²) >= 11 is 12.0. The van der Waals surface area contributed by atoms with Gasteiger partial charge in [-0.15, -0.1) is 24.0 Å². The SMILES string of the molecule is CCNC(=NCCc1ccccn1)NCCc1cc(Cl)cc(Cl)c1.I. The quantitative estimate of drug-likeness (QED) is 0.343. The minimum absolute atomic E-state index is 0. The molecule has 0 atom stereocenters. The van der Waals surface area contributed by atoms with Gasteiger partial charge in [-0.3, -0.25) is 9.98 Å². The van der Waals surface area contributed by atoms with Gasteiger partial charge in [0.25, 0.3) is 0 Å². The van der Waals surface area contributed by atoms with Crippen LogP contribution in [0.15, 0.2) is 47.6 Å². The first kappa shape index (κ1) is 22.0. The van der Waals surface area contributed by atoms with Crippen molar-refractivity contribution in [3.8, 4) is 0 Å². The summed E-state index contributed by atoms with van der Waals surface area (Å²) in [4.78, 5) is 8.88. The molecule has 4 nitrogen and oxygen atoms in total. The Morgan fingerprint density at radius 3 is 2.48 bits per heavy atom. The summed E-state index contributed by atoms with van der Waals surface area (Å²) in [5, 5.41) is 7.89. The van der Waals surface area contributed by atoms with Crippen LogP contribution in [0.25, 0.3) is 0 Å². The first-order chi connectivity index (χ1) is 11.7. The van der Waals surface area contributed by atoms with Crippen LogP contribution >= 0.6 is 47.2 Å². The van der Waals surface area contributed by atoms with Crippen molar-refractivity contribution >= 4 is 53.1 Å². The smallest absolute Gasteiger partial charge is 0.191 e. The summed E-state index contributed by atoms with van der Waals surface area (Å²) in [7, 11) is 0. The van der Waals surface area contributed by atoms with Gasteiger partial charge in [0.05, 0.1) is 0 Å². The fourth-order valence-electron chi connectivity index (χ4n) is 2.25. The van der Waals surface area contributed by atoms with Crippen LogP contribution < -0.4 is 10.6 Å². The van der Waals surface area contributed by atoms with Crippen molar-refractivity contribution in [3.63, 3.8) is 0 Å². The van der Waals surface area contributed by atoms with Crippen LogP contribution in [0.5, 0.6) is 0 Å². The molecular formula is C18H23Cl2IN4. The number of rotatable bonds is 7. The Morgan fingerprint density at radius 1 is 1.08 bits per heavy atom. The van der Waals surface area contributed by atoms with Gasteiger partial charge in [0, 0.05) is 48.0 Å². The number of halogens is 3. The highest BCUT2D eigenvalue weighted by molar-refractivity contribution is 14.0. The first-order valence-corrected chi connectivity index (χ1v) is 8.80. The summed E-state index contributed by atoms with van der Waals surface area (Å²) < 4.78 is 0. The molecule has 0 spiro atoms. The third kappa shape index (κ3) is 8.74. The molecule has 25 heavy (non-hydrogen) atoms. The van der Waals surface area contributed by atoms with Crippen molar-refractivity contribution in [1.82, 2.24) is 15.6 Å². The van der Waals surface area contributed by atoms with Crippen molar-refractivity contribution in [2.75, 3.05) is 19.6 Å². The molecule has 0 aliphatic carbocycles. The second-order valence-electron chi connectivity index (χ2n) is 5.29. The number of aliphatic imine (C=N–C) groups is 1. The second kappa shape index (κ2) is 12.3. The summed E-state index contributed by atoms with van der Waals surface area (Å²) in [6.07, 6.45) is 3.45. The lowest BCUT2D eigenvalue weighted by atomic mass is 10.1. The number of benzene rings is 1. The van der Waals surface area contributed by atoms with E-state index >= 15 is 0 Å². The lowest BCUT2D eigenvalue weighted by Crippen LogP contribution is -2.38. The second-order valence-corrected chi connectivity index (χ2v) is 6.16. The van der Waals surface area contributed by atoms with Gasteiger partial charge in [0.1, 0.15) is 0 Å². The van der Waals surface area contributed by atoms with E-state index in [4.69, 9.17) is 23.2 Å². The third-order valence-corrected chi connectivity index (χ3v) is 3.77. The van der Waals surface area contributed by atoms with Crippen LogP contribution in [0, 0.1) is 0 Å². The lowest BCUT2D eigenvalue weighted by molar-refractivity contribution is 0.794. The van der Waals surface area contributed by atoms with Gasteiger partial charge >= 0.3 is 0 Å². The number of nitrogens with zero attached hydrogens (tertiary/aromatic N) is 2. The number of hydrogen-bond acceptors (Lipinski definition) is 2. The number of pyridine rings is 1. The molecule has 0 saturated carbocycles. The van der Waals surface area contributed by atoms with Crippen molar-refractivity contribution < 1.29 is 0 Å².